The molecule has 0 spiro atoms. The van der Waals surface area contributed by atoms with E-state index in [9.17, 15) is 5.11 Å². The van der Waals surface area contributed by atoms with Crippen molar-refractivity contribution in [3.63, 3.8) is 0 Å². The summed E-state index contributed by atoms with van der Waals surface area (Å²) >= 11 is 0. The number of nitrogens with one attached hydrogen (secondary N) is 1. The maximum Gasteiger partial charge on any atom is 0.0499 e. The van der Waals surface area contributed by atoms with E-state index in [1.54, 1.807) is 0 Å². The first-order chi connectivity index (χ1) is 9.15. The molecule has 1 aromatic rings. The van der Waals surface area contributed by atoms with E-state index in [1.807, 2.05) is 0 Å². The second kappa shape index (κ2) is 6.53. The molecule has 0 amide bonds. The normalized spacial score (nSPS) is 20.2. The minimum atomic E-state index is 0.121. The van der Waals surface area contributed by atoms with Gasteiger partial charge in [0.1, 0.15) is 0 Å². The summed E-state index contributed by atoms with van der Waals surface area (Å²) in [6.07, 6.45) is 6.19. The van der Waals surface area contributed by atoms with Crippen molar-refractivity contribution in [1.29, 1.82) is 0 Å². The molecule has 1 atom stereocenters. The van der Waals surface area contributed by atoms with E-state index in [-0.39, 0.29) is 5.41 Å². The van der Waals surface area contributed by atoms with Crippen LogP contribution in [0, 0.1) is 12.3 Å². The second-order valence-corrected chi connectivity index (χ2v) is 6.24. The summed E-state index contributed by atoms with van der Waals surface area (Å²) in [5, 5.41) is 13.4. The average molecular weight is 261 g/mol. The van der Waals surface area contributed by atoms with Gasteiger partial charge < -0.3 is 10.4 Å². The van der Waals surface area contributed by atoms with Gasteiger partial charge in [-0.15, -0.1) is 0 Å². The topological polar surface area (TPSA) is 32.3 Å². The highest BCUT2D eigenvalue weighted by molar-refractivity contribution is 5.24. The molecule has 0 heterocycles. The van der Waals surface area contributed by atoms with Gasteiger partial charge in [-0.3, -0.25) is 0 Å². The fourth-order valence-corrected chi connectivity index (χ4v) is 3.12. The lowest BCUT2D eigenvalue weighted by atomic mass is 9.74. The summed E-state index contributed by atoms with van der Waals surface area (Å²) in [6.45, 7) is 5.59. The van der Waals surface area contributed by atoms with Crippen LogP contribution in [-0.2, 0) is 0 Å². The third-order valence-corrected chi connectivity index (χ3v) is 4.58. The monoisotopic (exact) mass is 261 g/mol. The van der Waals surface area contributed by atoms with Crippen molar-refractivity contribution in [2.24, 2.45) is 5.41 Å². The van der Waals surface area contributed by atoms with Crippen LogP contribution in [0.25, 0.3) is 0 Å². The van der Waals surface area contributed by atoms with Gasteiger partial charge in [-0.05, 0) is 32.3 Å². The molecule has 0 aliphatic heterocycles. The van der Waals surface area contributed by atoms with Gasteiger partial charge in [0, 0.05) is 24.6 Å². The van der Waals surface area contributed by atoms with Crippen LogP contribution in [0.1, 0.15) is 56.2 Å². The van der Waals surface area contributed by atoms with Gasteiger partial charge in [0.2, 0.25) is 0 Å². The van der Waals surface area contributed by atoms with Crippen molar-refractivity contribution < 1.29 is 5.11 Å². The van der Waals surface area contributed by atoms with Crippen LogP contribution in [0.3, 0.4) is 0 Å². The summed E-state index contributed by atoms with van der Waals surface area (Å²) in [6, 6.07) is 9.02. The van der Waals surface area contributed by atoms with Crippen LogP contribution in [0.4, 0.5) is 0 Å². The molecule has 1 saturated carbocycles. The number of aliphatic hydroxyl groups is 1. The fraction of sp³-hybridized carbons (Fsp3) is 0.647. The van der Waals surface area contributed by atoms with Crippen molar-refractivity contribution in [1.82, 2.24) is 5.32 Å². The zero-order valence-electron chi connectivity index (χ0n) is 12.3. The molecular weight excluding hydrogens is 234 g/mol. The van der Waals surface area contributed by atoms with Crippen LogP contribution in [0.5, 0.6) is 0 Å². The Hall–Kier alpha value is -0.860. The molecule has 0 radical (unpaired) electrons. The molecule has 1 aliphatic rings. The maximum absolute atomic E-state index is 9.73. The molecule has 0 unspecified atom stereocenters. The molecular formula is C17H27NO. The minimum absolute atomic E-state index is 0.121. The molecule has 0 saturated heterocycles. The summed E-state index contributed by atoms with van der Waals surface area (Å²) in [5.41, 5.74) is 2.76. The van der Waals surface area contributed by atoms with Gasteiger partial charge in [-0.25, -0.2) is 0 Å². The van der Waals surface area contributed by atoms with E-state index in [1.165, 1.54) is 30.4 Å². The number of aryl methyl sites for hydroxylation is 1. The van der Waals surface area contributed by atoms with Crippen molar-refractivity contribution in [2.75, 3.05) is 13.2 Å². The Kier molecular flexibility index (Phi) is 5.00. The molecule has 2 nitrogen and oxygen atoms in total. The highest BCUT2D eigenvalue weighted by atomic mass is 16.3. The molecule has 0 bridgehead atoms. The lowest BCUT2D eigenvalue weighted by molar-refractivity contribution is 0.0789. The average Bonchev–Trinajstić information content (AvgIpc) is 2.46. The lowest BCUT2D eigenvalue weighted by Gasteiger charge is -2.36. The summed E-state index contributed by atoms with van der Waals surface area (Å²) in [7, 11) is 0. The molecule has 1 aromatic carbocycles. The van der Waals surface area contributed by atoms with Gasteiger partial charge in [-0.2, -0.15) is 0 Å². The van der Waals surface area contributed by atoms with Crippen LogP contribution in [0.2, 0.25) is 0 Å². The maximum atomic E-state index is 9.73. The first-order valence-corrected chi connectivity index (χ1v) is 7.56. The molecule has 106 valence electrons. The number of hydrogen-bond acceptors (Lipinski definition) is 2. The quantitative estimate of drug-likeness (QED) is 0.849. The van der Waals surface area contributed by atoms with E-state index in [0.717, 1.165) is 19.4 Å². The van der Waals surface area contributed by atoms with Crippen LogP contribution in [0.15, 0.2) is 24.3 Å². The predicted molar refractivity (Wildman–Crippen MR) is 80.2 cm³/mol. The van der Waals surface area contributed by atoms with Gasteiger partial charge in [0.25, 0.3) is 0 Å². The van der Waals surface area contributed by atoms with Crippen molar-refractivity contribution in [2.45, 2.75) is 52.0 Å². The standard InChI is InChI=1S/C17H27NO/c1-14-7-6-8-16(11-14)15(2)18-12-17(13-19)9-4-3-5-10-17/h6-8,11,15,18-19H,3-5,9-10,12-13H2,1-2H3/t15-/m1/s1. The van der Waals surface area contributed by atoms with E-state index in [0.29, 0.717) is 12.6 Å². The van der Waals surface area contributed by atoms with Crippen molar-refractivity contribution >= 4 is 0 Å². The Morgan fingerprint density at radius 3 is 2.63 bits per heavy atom. The molecule has 2 N–H and O–H groups in total. The SMILES string of the molecule is Cc1cccc([C@@H](C)NCC2(CO)CCCCC2)c1. The Morgan fingerprint density at radius 2 is 2.00 bits per heavy atom. The van der Waals surface area contributed by atoms with E-state index in [2.05, 4.69) is 43.4 Å². The highest BCUT2D eigenvalue weighted by Crippen LogP contribution is 2.35. The first-order valence-electron chi connectivity index (χ1n) is 7.56. The van der Waals surface area contributed by atoms with Gasteiger partial charge >= 0.3 is 0 Å². The second-order valence-electron chi connectivity index (χ2n) is 6.24. The molecule has 2 rings (SSSR count). The van der Waals surface area contributed by atoms with Crippen LogP contribution in [-0.4, -0.2) is 18.3 Å². The molecule has 1 fully saturated rings. The Balaban J connectivity index is 1.93. The fourth-order valence-electron chi connectivity index (χ4n) is 3.12. The Labute approximate surface area is 117 Å². The lowest BCUT2D eigenvalue weighted by Crippen LogP contribution is -2.40. The number of aliphatic hydroxyl groups excluding tert-OH is 1. The summed E-state index contributed by atoms with van der Waals surface area (Å²) in [4.78, 5) is 0. The minimum Gasteiger partial charge on any atom is -0.396 e. The summed E-state index contributed by atoms with van der Waals surface area (Å²) in [5.74, 6) is 0. The smallest absolute Gasteiger partial charge is 0.0499 e. The van der Waals surface area contributed by atoms with Crippen molar-refractivity contribution in [3.8, 4) is 0 Å². The largest absolute Gasteiger partial charge is 0.396 e. The van der Waals surface area contributed by atoms with E-state index < -0.39 is 0 Å². The van der Waals surface area contributed by atoms with E-state index >= 15 is 0 Å². The molecule has 0 aromatic heterocycles. The highest BCUT2D eigenvalue weighted by Gasteiger charge is 2.31. The first kappa shape index (κ1) is 14.5. The number of hydrogen-bond donors (Lipinski definition) is 2. The Bertz CT molecular complexity index is 396. The number of benzene rings is 1. The zero-order chi connectivity index (χ0) is 13.7. The van der Waals surface area contributed by atoms with Crippen LogP contribution < -0.4 is 5.32 Å². The van der Waals surface area contributed by atoms with Crippen molar-refractivity contribution in [3.05, 3.63) is 35.4 Å². The molecule has 1 aliphatic carbocycles. The van der Waals surface area contributed by atoms with Gasteiger partial charge in [-0.1, -0.05) is 49.1 Å². The Morgan fingerprint density at radius 1 is 1.26 bits per heavy atom. The van der Waals surface area contributed by atoms with Crippen LogP contribution >= 0.6 is 0 Å². The summed E-state index contributed by atoms with van der Waals surface area (Å²) < 4.78 is 0. The third-order valence-electron chi connectivity index (χ3n) is 4.58. The number of rotatable bonds is 5. The third kappa shape index (κ3) is 3.80. The van der Waals surface area contributed by atoms with Gasteiger partial charge in [0.15, 0.2) is 0 Å². The molecule has 19 heavy (non-hydrogen) atoms. The zero-order valence-corrected chi connectivity index (χ0v) is 12.3. The molecule has 2 heteroatoms. The predicted octanol–water partition coefficient (Wildman–Crippen LogP) is 3.59. The van der Waals surface area contributed by atoms with E-state index in [4.69, 9.17) is 0 Å². The van der Waals surface area contributed by atoms with Gasteiger partial charge in [0.05, 0.1) is 0 Å².